The molecule has 0 radical (unpaired) electrons. The molecular weight excluding hydrogens is 218 g/mol. The molecule has 0 saturated heterocycles. The molecule has 1 aliphatic rings. The fraction of sp³-hybridized carbons (Fsp3) is 0.333. The number of nitrogens with zero attached hydrogens (tertiary/aromatic N) is 2. The van der Waals surface area contributed by atoms with Gasteiger partial charge in [0, 0.05) is 11.5 Å². The Bertz CT molecular complexity index is 515. The Labute approximate surface area is 98.4 Å². The van der Waals surface area contributed by atoms with Crippen LogP contribution in [0.4, 0.5) is 5.82 Å². The lowest BCUT2D eigenvalue weighted by Gasteiger charge is -2.07. The van der Waals surface area contributed by atoms with E-state index in [4.69, 9.17) is 5.73 Å². The summed E-state index contributed by atoms with van der Waals surface area (Å²) in [6, 6.07) is 4.12. The first-order chi connectivity index (χ1) is 7.75. The van der Waals surface area contributed by atoms with Crippen LogP contribution in [0.25, 0.3) is 10.6 Å². The van der Waals surface area contributed by atoms with Gasteiger partial charge in [-0.05, 0) is 31.2 Å². The number of aromatic nitrogens is 2. The van der Waals surface area contributed by atoms with Gasteiger partial charge in [-0.25, -0.2) is 9.97 Å². The summed E-state index contributed by atoms with van der Waals surface area (Å²) in [5.41, 5.74) is 7.94. The van der Waals surface area contributed by atoms with Gasteiger partial charge in [0.15, 0.2) is 0 Å². The Morgan fingerprint density at radius 1 is 1.38 bits per heavy atom. The Morgan fingerprint density at radius 3 is 2.81 bits per heavy atom. The molecule has 0 aliphatic heterocycles. The molecule has 1 fully saturated rings. The van der Waals surface area contributed by atoms with Gasteiger partial charge < -0.3 is 5.73 Å². The van der Waals surface area contributed by atoms with Crippen LogP contribution in [0.1, 0.15) is 30.1 Å². The molecule has 2 aromatic heterocycles. The highest BCUT2D eigenvalue weighted by atomic mass is 32.1. The van der Waals surface area contributed by atoms with E-state index in [0.29, 0.717) is 11.7 Å². The standard InChI is InChI=1S/C12H13N3S/c1-7-10(9-3-2-6-16-9)14-12(8-4-5-8)15-11(7)13/h2-3,6,8H,4-5H2,1H3,(H2,13,14,15). The highest BCUT2D eigenvalue weighted by Crippen LogP contribution is 2.40. The van der Waals surface area contributed by atoms with Crippen molar-refractivity contribution in [1.29, 1.82) is 0 Å². The van der Waals surface area contributed by atoms with E-state index in [2.05, 4.69) is 21.4 Å². The average Bonchev–Trinajstić information content (AvgIpc) is 2.98. The van der Waals surface area contributed by atoms with Crippen LogP contribution in [0.2, 0.25) is 0 Å². The summed E-state index contributed by atoms with van der Waals surface area (Å²) in [7, 11) is 0. The fourth-order valence-corrected chi connectivity index (χ4v) is 2.50. The maximum atomic E-state index is 5.95. The molecule has 16 heavy (non-hydrogen) atoms. The highest BCUT2D eigenvalue weighted by molar-refractivity contribution is 7.13. The van der Waals surface area contributed by atoms with E-state index >= 15 is 0 Å². The molecule has 3 nitrogen and oxygen atoms in total. The second-order valence-electron chi connectivity index (χ2n) is 4.19. The van der Waals surface area contributed by atoms with Crippen molar-refractivity contribution in [2.45, 2.75) is 25.7 Å². The summed E-state index contributed by atoms with van der Waals surface area (Å²) in [4.78, 5) is 10.2. The molecule has 0 unspecified atom stereocenters. The van der Waals surface area contributed by atoms with E-state index in [1.54, 1.807) is 11.3 Å². The van der Waals surface area contributed by atoms with Crippen LogP contribution in [-0.2, 0) is 0 Å². The van der Waals surface area contributed by atoms with Crippen molar-refractivity contribution < 1.29 is 0 Å². The number of hydrogen-bond donors (Lipinski definition) is 1. The zero-order valence-electron chi connectivity index (χ0n) is 9.10. The minimum absolute atomic E-state index is 0.543. The molecule has 0 atom stereocenters. The molecule has 3 rings (SSSR count). The van der Waals surface area contributed by atoms with E-state index in [1.165, 1.54) is 17.7 Å². The zero-order chi connectivity index (χ0) is 11.1. The maximum Gasteiger partial charge on any atom is 0.134 e. The van der Waals surface area contributed by atoms with Crippen molar-refractivity contribution in [1.82, 2.24) is 9.97 Å². The van der Waals surface area contributed by atoms with Crippen molar-refractivity contribution >= 4 is 17.2 Å². The van der Waals surface area contributed by atoms with E-state index in [1.807, 2.05) is 13.0 Å². The van der Waals surface area contributed by atoms with Crippen LogP contribution >= 0.6 is 11.3 Å². The second-order valence-corrected chi connectivity index (χ2v) is 5.14. The first-order valence-electron chi connectivity index (χ1n) is 5.43. The highest BCUT2D eigenvalue weighted by Gasteiger charge is 2.28. The van der Waals surface area contributed by atoms with Gasteiger partial charge in [0.05, 0.1) is 10.6 Å². The van der Waals surface area contributed by atoms with Gasteiger partial charge in [0.1, 0.15) is 11.6 Å². The molecule has 2 aromatic rings. The van der Waals surface area contributed by atoms with Gasteiger partial charge >= 0.3 is 0 Å². The quantitative estimate of drug-likeness (QED) is 0.864. The first-order valence-corrected chi connectivity index (χ1v) is 6.31. The molecule has 0 bridgehead atoms. The van der Waals surface area contributed by atoms with Gasteiger partial charge in [-0.1, -0.05) is 6.07 Å². The lowest BCUT2D eigenvalue weighted by atomic mass is 10.2. The maximum absolute atomic E-state index is 5.95. The van der Waals surface area contributed by atoms with Gasteiger partial charge in [-0.3, -0.25) is 0 Å². The predicted molar refractivity (Wildman–Crippen MR) is 66.5 cm³/mol. The van der Waals surface area contributed by atoms with Gasteiger partial charge in [0.2, 0.25) is 0 Å². The van der Waals surface area contributed by atoms with Crippen LogP contribution in [0.15, 0.2) is 17.5 Å². The smallest absolute Gasteiger partial charge is 0.134 e. The summed E-state index contributed by atoms with van der Waals surface area (Å²) >= 11 is 1.69. The topological polar surface area (TPSA) is 51.8 Å². The summed E-state index contributed by atoms with van der Waals surface area (Å²) in [5, 5.41) is 2.06. The zero-order valence-corrected chi connectivity index (χ0v) is 9.92. The normalized spacial score (nSPS) is 15.3. The number of hydrogen-bond acceptors (Lipinski definition) is 4. The third-order valence-electron chi connectivity index (χ3n) is 2.90. The average molecular weight is 231 g/mol. The van der Waals surface area contributed by atoms with E-state index in [9.17, 15) is 0 Å². The van der Waals surface area contributed by atoms with Crippen molar-refractivity contribution in [3.8, 4) is 10.6 Å². The summed E-state index contributed by atoms with van der Waals surface area (Å²) < 4.78 is 0. The van der Waals surface area contributed by atoms with E-state index in [0.717, 1.165) is 17.1 Å². The molecule has 4 heteroatoms. The van der Waals surface area contributed by atoms with Crippen molar-refractivity contribution in [2.75, 3.05) is 5.73 Å². The fourth-order valence-electron chi connectivity index (χ4n) is 1.73. The van der Waals surface area contributed by atoms with Crippen LogP contribution < -0.4 is 5.73 Å². The van der Waals surface area contributed by atoms with Crippen LogP contribution in [0, 0.1) is 6.92 Å². The van der Waals surface area contributed by atoms with Crippen LogP contribution in [-0.4, -0.2) is 9.97 Å². The molecule has 2 N–H and O–H groups in total. The monoisotopic (exact) mass is 231 g/mol. The molecule has 2 heterocycles. The van der Waals surface area contributed by atoms with Gasteiger partial charge in [0.25, 0.3) is 0 Å². The number of nitrogens with two attached hydrogens (primary N) is 1. The number of thiophene rings is 1. The predicted octanol–water partition coefficient (Wildman–Crippen LogP) is 2.97. The van der Waals surface area contributed by atoms with E-state index < -0.39 is 0 Å². The Hall–Kier alpha value is -1.42. The Morgan fingerprint density at radius 2 is 2.19 bits per heavy atom. The molecule has 1 aliphatic carbocycles. The molecule has 0 spiro atoms. The van der Waals surface area contributed by atoms with Crippen LogP contribution in [0.5, 0.6) is 0 Å². The first kappa shape index (κ1) is 9.78. The molecule has 0 amide bonds. The summed E-state index contributed by atoms with van der Waals surface area (Å²) in [6.07, 6.45) is 2.40. The van der Waals surface area contributed by atoms with Crippen molar-refractivity contribution in [3.05, 3.63) is 28.9 Å². The lowest BCUT2D eigenvalue weighted by molar-refractivity contribution is 0.929. The lowest BCUT2D eigenvalue weighted by Crippen LogP contribution is -2.03. The molecular formula is C12H13N3S. The largest absolute Gasteiger partial charge is 0.383 e. The number of anilines is 1. The third-order valence-corrected chi connectivity index (χ3v) is 3.77. The number of rotatable bonds is 2. The summed E-state index contributed by atoms with van der Waals surface area (Å²) in [6.45, 7) is 1.99. The van der Waals surface area contributed by atoms with Gasteiger partial charge in [-0.2, -0.15) is 0 Å². The second kappa shape index (κ2) is 3.56. The minimum atomic E-state index is 0.543. The Kier molecular flexibility index (Phi) is 2.17. The number of nitrogen functional groups attached to an aromatic ring is 1. The van der Waals surface area contributed by atoms with Crippen LogP contribution in [0.3, 0.4) is 0 Å². The van der Waals surface area contributed by atoms with E-state index in [-0.39, 0.29) is 0 Å². The third kappa shape index (κ3) is 1.59. The minimum Gasteiger partial charge on any atom is -0.383 e. The molecule has 82 valence electrons. The summed E-state index contributed by atoms with van der Waals surface area (Å²) in [5.74, 6) is 2.09. The van der Waals surface area contributed by atoms with Crippen molar-refractivity contribution in [2.24, 2.45) is 0 Å². The Balaban J connectivity index is 2.15. The molecule has 0 aromatic carbocycles. The molecule has 1 saturated carbocycles. The SMILES string of the molecule is Cc1c(N)nc(C2CC2)nc1-c1cccs1. The van der Waals surface area contributed by atoms with Crippen molar-refractivity contribution in [3.63, 3.8) is 0 Å². The van der Waals surface area contributed by atoms with Gasteiger partial charge in [-0.15, -0.1) is 11.3 Å².